The molecule has 0 bridgehead atoms. The molecule has 3 rings (SSSR count). The number of imide groups is 1. The Labute approximate surface area is 127 Å². The van der Waals surface area contributed by atoms with Gasteiger partial charge in [-0.1, -0.05) is 18.2 Å². The van der Waals surface area contributed by atoms with Crippen LogP contribution in [0.15, 0.2) is 54.6 Å². The maximum Gasteiger partial charge on any atom is 0.343 e. The Morgan fingerprint density at radius 1 is 0.864 bits per heavy atom. The molecule has 1 aliphatic heterocycles. The topological polar surface area (TPSA) is 63.7 Å². The van der Waals surface area contributed by atoms with Crippen molar-refractivity contribution in [1.29, 1.82) is 0 Å². The van der Waals surface area contributed by atoms with Crippen LogP contribution < -0.4 is 9.64 Å². The molecule has 0 saturated carbocycles. The number of hydrogen-bond donors (Lipinski definition) is 0. The van der Waals surface area contributed by atoms with Crippen molar-refractivity contribution in [1.82, 2.24) is 0 Å². The molecule has 110 valence electrons. The number of amides is 2. The summed E-state index contributed by atoms with van der Waals surface area (Å²) >= 11 is 0. The van der Waals surface area contributed by atoms with Crippen molar-refractivity contribution in [3.05, 3.63) is 60.2 Å². The van der Waals surface area contributed by atoms with Gasteiger partial charge >= 0.3 is 5.97 Å². The van der Waals surface area contributed by atoms with Crippen LogP contribution in [-0.4, -0.2) is 17.8 Å². The van der Waals surface area contributed by atoms with E-state index in [0.717, 1.165) is 4.90 Å². The molecule has 0 spiro atoms. The molecule has 0 aromatic heterocycles. The largest absolute Gasteiger partial charge is 0.423 e. The lowest BCUT2D eigenvalue weighted by Gasteiger charge is -2.13. The Balaban J connectivity index is 1.75. The molecule has 2 aromatic carbocycles. The minimum absolute atomic E-state index is 0.218. The molecule has 2 amide bonds. The summed E-state index contributed by atoms with van der Waals surface area (Å²) in [6, 6.07) is 15.0. The van der Waals surface area contributed by atoms with Crippen molar-refractivity contribution < 1.29 is 19.1 Å². The zero-order chi connectivity index (χ0) is 15.5. The van der Waals surface area contributed by atoms with E-state index in [-0.39, 0.29) is 24.7 Å². The summed E-state index contributed by atoms with van der Waals surface area (Å²) in [5, 5.41) is 0. The zero-order valence-electron chi connectivity index (χ0n) is 11.7. The highest BCUT2D eigenvalue weighted by Crippen LogP contribution is 2.23. The normalized spacial score (nSPS) is 14.3. The van der Waals surface area contributed by atoms with E-state index in [1.54, 1.807) is 48.5 Å². The summed E-state index contributed by atoms with van der Waals surface area (Å²) in [6.45, 7) is 0. The average molecular weight is 295 g/mol. The molecular weight excluding hydrogens is 282 g/mol. The second-order valence-electron chi connectivity index (χ2n) is 4.87. The molecule has 5 nitrogen and oxygen atoms in total. The minimum atomic E-state index is -0.489. The predicted octanol–water partition coefficient (Wildman–Crippen LogP) is 2.56. The smallest absolute Gasteiger partial charge is 0.343 e. The van der Waals surface area contributed by atoms with Crippen LogP contribution in [0, 0.1) is 0 Å². The van der Waals surface area contributed by atoms with Crippen molar-refractivity contribution in [3.8, 4) is 5.75 Å². The van der Waals surface area contributed by atoms with Gasteiger partial charge in [-0.2, -0.15) is 0 Å². The van der Waals surface area contributed by atoms with E-state index in [1.165, 1.54) is 0 Å². The van der Waals surface area contributed by atoms with Gasteiger partial charge in [0.1, 0.15) is 5.75 Å². The molecule has 1 aliphatic rings. The van der Waals surface area contributed by atoms with Gasteiger partial charge in [-0.25, -0.2) is 4.79 Å². The maximum atomic E-state index is 12.0. The molecule has 0 unspecified atom stereocenters. The van der Waals surface area contributed by atoms with Gasteiger partial charge in [-0.3, -0.25) is 14.5 Å². The first kappa shape index (κ1) is 14.0. The second kappa shape index (κ2) is 5.81. The van der Waals surface area contributed by atoms with Gasteiger partial charge in [0.15, 0.2) is 0 Å². The predicted molar refractivity (Wildman–Crippen MR) is 79.6 cm³/mol. The fourth-order valence-corrected chi connectivity index (χ4v) is 2.27. The highest BCUT2D eigenvalue weighted by Gasteiger charge is 2.30. The van der Waals surface area contributed by atoms with E-state index < -0.39 is 5.97 Å². The average Bonchev–Trinajstić information content (AvgIpc) is 2.87. The van der Waals surface area contributed by atoms with Crippen LogP contribution in [-0.2, 0) is 9.59 Å². The Morgan fingerprint density at radius 3 is 2.05 bits per heavy atom. The molecule has 0 atom stereocenters. The first-order valence-electron chi connectivity index (χ1n) is 6.88. The van der Waals surface area contributed by atoms with Crippen LogP contribution in [0.1, 0.15) is 23.2 Å². The molecule has 5 heteroatoms. The summed E-state index contributed by atoms with van der Waals surface area (Å²) in [4.78, 5) is 36.5. The highest BCUT2D eigenvalue weighted by atomic mass is 16.5. The van der Waals surface area contributed by atoms with Gasteiger partial charge in [0.05, 0.1) is 11.3 Å². The van der Waals surface area contributed by atoms with E-state index in [1.807, 2.05) is 6.07 Å². The second-order valence-corrected chi connectivity index (χ2v) is 4.87. The number of nitrogens with zero attached hydrogens (tertiary/aromatic N) is 1. The summed E-state index contributed by atoms with van der Waals surface area (Å²) in [7, 11) is 0. The van der Waals surface area contributed by atoms with Crippen molar-refractivity contribution >= 4 is 23.5 Å². The zero-order valence-corrected chi connectivity index (χ0v) is 11.7. The summed E-state index contributed by atoms with van der Waals surface area (Å²) in [6.07, 6.45) is 0.466. The molecule has 1 saturated heterocycles. The lowest BCUT2D eigenvalue weighted by molar-refractivity contribution is -0.121. The van der Waals surface area contributed by atoms with Crippen LogP contribution in [0.4, 0.5) is 5.69 Å². The number of ether oxygens (including phenoxy) is 1. The first-order valence-corrected chi connectivity index (χ1v) is 6.88. The summed E-state index contributed by atoms with van der Waals surface area (Å²) < 4.78 is 5.22. The van der Waals surface area contributed by atoms with Crippen LogP contribution >= 0.6 is 0 Å². The van der Waals surface area contributed by atoms with Gasteiger partial charge in [-0.05, 0) is 36.4 Å². The van der Waals surface area contributed by atoms with Crippen molar-refractivity contribution in [2.45, 2.75) is 12.8 Å². The van der Waals surface area contributed by atoms with Gasteiger partial charge in [-0.15, -0.1) is 0 Å². The summed E-state index contributed by atoms with van der Waals surface area (Å²) in [5.74, 6) is -0.465. The van der Waals surface area contributed by atoms with Crippen LogP contribution in [0.5, 0.6) is 5.75 Å². The molecule has 1 fully saturated rings. The molecule has 0 N–H and O–H groups in total. The third kappa shape index (κ3) is 2.74. The van der Waals surface area contributed by atoms with Crippen molar-refractivity contribution in [3.63, 3.8) is 0 Å². The third-order valence-corrected chi connectivity index (χ3v) is 3.37. The Hall–Kier alpha value is -2.95. The number of carbonyl (C=O) groups excluding carboxylic acids is 3. The van der Waals surface area contributed by atoms with Gasteiger partial charge < -0.3 is 4.74 Å². The third-order valence-electron chi connectivity index (χ3n) is 3.37. The monoisotopic (exact) mass is 295 g/mol. The number of anilines is 1. The standard InChI is InChI=1S/C17H13NO4/c19-15-10-11-16(20)18(15)13-8-6-12(7-9-13)17(21)22-14-4-2-1-3-5-14/h1-9H,10-11H2. The van der Waals surface area contributed by atoms with E-state index in [0.29, 0.717) is 17.0 Å². The van der Waals surface area contributed by atoms with E-state index in [9.17, 15) is 14.4 Å². The number of rotatable bonds is 3. The summed E-state index contributed by atoms with van der Waals surface area (Å²) in [5.41, 5.74) is 0.829. The lowest BCUT2D eigenvalue weighted by atomic mass is 10.2. The SMILES string of the molecule is O=C(Oc1ccccc1)c1ccc(N2C(=O)CCC2=O)cc1. The number of para-hydroxylation sites is 1. The van der Waals surface area contributed by atoms with Gasteiger partial charge in [0, 0.05) is 12.8 Å². The number of benzene rings is 2. The molecular formula is C17H13NO4. The fourth-order valence-electron chi connectivity index (χ4n) is 2.27. The lowest BCUT2D eigenvalue weighted by Crippen LogP contribution is -2.28. The van der Waals surface area contributed by atoms with Crippen molar-refractivity contribution in [2.24, 2.45) is 0 Å². The molecule has 0 radical (unpaired) electrons. The van der Waals surface area contributed by atoms with E-state index >= 15 is 0 Å². The Bertz CT molecular complexity index is 706. The molecule has 0 aliphatic carbocycles. The molecule has 1 heterocycles. The van der Waals surface area contributed by atoms with Crippen molar-refractivity contribution in [2.75, 3.05) is 4.90 Å². The number of carbonyl (C=O) groups is 3. The van der Waals surface area contributed by atoms with E-state index in [2.05, 4.69) is 0 Å². The molecule has 22 heavy (non-hydrogen) atoms. The Kier molecular flexibility index (Phi) is 3.70. The van der Waals surface area contributed by atoms with Crippen LogP contribution in [0.25, 0.3) is 0 Å². The number of hydrogen-bond acceptors (Lipinski definition) is 4. The van der Waals surface area contributed by atoms with Crippen LogP contribution in [0.2, 0.25) is 0 Å². The fraction of sp³-hybridized carbons (Fsp3) is 0.118. The first-order chi connectivity index (χ1) is 10.6. The van der Waals surface area contributed by atoms with Crippen LogP contribution in [0.3, 0.4) is 0 Å². The quantitative estimate of drug-likeness (QED) is 0.496. The minimum Gasteiger partial charge on any atom is -0.423 e. The Morgan fingerprint density at radius 2 is 1.45 bits per heavy atom. The highest BCUT2D eigenvalue weighted by molar-refractivity contribution is 6.19. The maximum absolute atomic E-state index is 12.0. The van der Waals surface area contributed by atoms with Gasteiger partial charge in [0.2, 0.25) is 11.8 Å². The molecule has 2 aromatic rings. The van der Waals surface area contributed by atoms with E-state index in [4.69, 9.17) is 4.74 Å². The van der Waals surface area contributed by atoms with Gasteiger partial charge in [0.25, 0.3) is 0 Å². The number of esters is 1.